The van der Waals surface area contributed by atoms with E-state index < -0.39 is 36.8 Å². The first-order chi connectivity index (χ1) is 9.54. The van der Waals surface area contributed by atoms with Crippen molar-refractivity contribution in [3.05, 3.63) is 28.5 Å². The second kappa shape index (κ2) is 6.50. The van der Waals surface area contributed by atoms with Crippen molar-refractivity contribution >= 4 is 37.2 Å². The highest BCUT2D eigenvalue weighted by molar-refractivity contribution is 8.13. The molecule has 0 aliphatic carbocycles. The highest BCUT2D eigenvalue weighted by Gasteiger charge is 2.27. The Kier molecular flexibility index (Phi) is 5.63. The van der Waals surface area contributed by atoms with Crippen LogP contribution in [-0.2, 0) is 9.05 Å². The fraction of sp³-hybridized carbons (Fsp3) is 0.462. The minimum absolute atomic E-state index is 0.0875. The van der Waals surface area contributed by atoms with Crippen molar-refractivity contribution in [2.75, 3.05) is 0 Å². The van der Waals surface area contributed by atoms with E-state index in [4.69, 9.17) is 22.3 Å². The van der Waals surface area contributed by atoms with Crippen molar-refractivity contribution in [1.29, 1.82) is 0 Å². The van der Waals surface area contributed by atoms with Crippen molar-refractivity contribution in [2.45, 2.75) is 44.0 Å². The molecule has 4 nitrogen and oxygen atoms in total. The van der Waals surface area contributed by atoms with Gasteiger partial charge in [0.25, 0.3) is 15.0 Å². The van der Waals surface area contributed by atoms with Gasteiger partial charge in [-0.3, -0.25) is 4.79 Å². The highest BCUT2D eigenvalue weighted by atomic mass is 35.7. The fourth-order valence-corrected chi connectivity index (χ4v) is 2.89. The molecular weight excluding hydrogens is 340 g/mol. The van der Waals surface area contributed by atoms with E-state index in [0.29, 0.717) is 12.8 Å². The van der Waals surface area contributed by atoms with Gasteiger partial charge >= 0.3 is 0 Å². The van der Waals surface area contributed by atoms with Crippen LogP contribution in [0, 0.1) is 5.82 Å². The lowest BCUT2D eigenvalue weighted by Gasteiger charge is -2.28. The maximum absolute atomic E-state index is 14.2. The number of carbonyl (C=O) groups is 1. The molecule has 0 atom stereocenters. The number of hydrogen-bond donors (Lipinski definition) is 1. The first kappa shape index (κ1) is 18.2. The van der Waals surface area contributed by atoms with Gasteiger partial charge in [-0.15, -0.1) is 0 Å². The fourth-order valence-electron chi connectivity index (χ4n) is 1.68. The lowest BCUT2D eigenvalue weighted by atomic mass is 9.95. The second-order valence-corrected chi connectivity index (χ2v) is 7.90. The SMILES string of the molecule is CCC(C)(CC)NC(=O)c1cc(Cl)cc(S(=O)(=O)Cl)c1F. The average Bonchev–Trinajstić information content (AvgIpc) is 2.39. The van der Waals surface area contributed by atoms with Crippen LogP contribution in [0.3, 0.4) is 0 Å². The average molecular weight is 356 g/mol. The molecule has 1 amide bonds. The van der Waals surface area contributed by atoms with E-state index in [1.54, 1.807) is 0 Å². The normalized spacial score (nSPS) is 12.3. The predicted octanol–water partition coefficient (Wildman–Crippen LogP) is 3.72. The monoisotopic (exact) mass is 355 g/mol. The summed E-state index contributed by atoms with van der Waals surface area (Å²) in [5.74, 6) is -1.94. The molecule has 0 heterocycles. The molecule has 0 bridgehead atoms. The molecule has 0 aliphatic heterocycles. The number of hydrogen-bond acceptors (Lipinski definition) is 3. The molecular formula is C13H16Cl2FNO3S. The number of nitrogens with one attached hydrogen (secondary N) is 1. The molecule has 0 unspecified atom stereocenters. The van der Waals surface area contributed by atoms with Gasteiger partial charge in [-0.2, -0.15) is 0 Å². The number of amides is 1. The van der Waals surface area contributed by atoms with Crippen LogP contribution in [0.4, 0.5) is 4.39 Å². The van der Waals surface area contributed by atoms with Crippen molar-refractivity contribution in [1.82, 2.24) is 5.32 Å². The smallest absolute Gasteiger partial charge is 0.264 e. The summed E-state index contributed by atoms with van der Waals surface area (Å²) in [7, 11) is 0.808. The number of rotatable bonds is 5. The Balaban J connectivity index is 3.32. The molecule has 0 aliphatic rings. The van der Waals surface area contributed by atoms with E-state index in [0.717, 1.165) is 12.1 Å². The largest absolute Gasteiger partial charge is 0.347 e. The van der Waals surface area contributed by atoms with Crippen LogP contribution in [0.1, 0.15) is 44.0 Å². The predicted molar refractivity (Wildman–Crippen MR) is 80.9 cm³/mol. The molecule has 1 N–H and O–H groups in total. The maximum Gasteiger partial charge on any atom is 0.264 e. The lowest BCUT2D eigenvalue weighted by molar-refractivity contribution is 0.0896. The molecule has 8 heteroatoms. The van der Waals surface area contributed by atoms with Crippen molar-refractivity contribution in [3.8, 4) is 0 Å². The van der Waals surface area contributed by atoms with Crippen LogP contribution in [0.5, 0.6) is 0 Å². The van der Waals surface area contributed by atoms with E-state index in [1.807, 2.05) is 20.8 Å². The topological polar surface area (TPSA) is 63.2 Å². The van der Waals surface area contributed by atoms with E-state index >= 15 is 0 Å². The zero-order valence-electron chi connectivity index (χ0n) is 11.8. The molecule has 1 rings (SSSR count). The van der Waals surface area contributed by atoms with E-state index in [9.17, 15) is 17.6 Å². The molecule has 0 spiro atoms. The van der Waals surface area contributed by atoms with E-state index in [-0.39, 0.29) is 5.02 Å². The summed E-state index contributed by atoms with van der Waals surface area (Å²) in [6.07, 6.45) is 1.27. The van der Waals surface area contributed by atoms with Crippen LogP contribution >= 0.6 is 22.3 Å². The van der Waals surface area contributed by atoms with Gasteiger partial charge in [0, 0.05) is 21.2 Å². The summed E-state index contributed by atoms with van der Waals surface area (Å²) in [4.78, 5) is 11.4. The Hall–Kier alpha value is -0.850. The van der Waals surface area contributed by atoms with Gasteiger partial charge in [0.1, 0.15) is 4.90 Å². The lowest BCUT2D eigenvalue weighted by Crippen LogP contribution is -2.45. The molecule has 0 radical (unpaired) electrons. The summed E-state index contributed by atoms with van der Waals surface area (Å²) >= 11 is 5.74. The standard InChI is InChI=1S/C13H16Cl2FNO3S/c1-4-13(3,5-2)17-12(18)9-6-8(14)7-10(11(9)16)21(15,19)20/h6-7H,4-5H2,1-3H3,(H,17,18). The van der Waals surface area contributed by atoms with Gasteiger partial charge in [0.2, 0.25) is 0 Å². The van der Waals surface area contributed by atoms with Crippen LogP contribution in [0.15, 0.2) is 17.0 Å². The van der Waals surface area contributed by atoms with Gasteiger partial charge in [-0.05, 0) is 31.9 Å². The summed E-state index contributed by atoms with van der Waals surface area (Å²) in [6, 6.07) is 1.94. The Labute approximate surface area is 133 Å². The number of halogens is 3. The first-order valence-corrected chi connectivity index (χ1v) is 8.99. The van der Waals surface area contributed by atoms with E-state index in [1.165, 1.54) is 0 Å². The number of carbonyl (C=O) groups excluding carboxylic acids is 1. The van der Waals surface area contributed by atoms with Crippen molar-refractivity contribution in [3.63, 3.8) is 0 Å². The van der Waals surface area contributed by atoms with Gasteiger partial charge in [-0.25, -0.2) is 12.8 Å². The zero-order chi connectivity index (χ0) is 16.4. The number of benzene rings is 1. The first-order valence-electron chi connectivity index (χ1n) is 6.30. The van der Waals surface area contributed by atoms with Crippen LogP contribution < -0.4 is 5.32 Å². The molecule has 0 saturated heterocycles. The summed E-state index contributed by atoms with van der Waals surface area (Å²) < 4.78 is 36.8. The Morgan fingerprint density at radius 3 is 2.29 bits per heavy atom. The summed E-state index contributed by atoms with van der Waals surface area (Å²) in [5, 5.41) is 2.59. The van der Waals surface area contributed by atoms with Crippen LogP contribution in [0.25, 0.3) is 0 Å². The van der Waals surface area contributed by atoms with Gasteiger partial charge in [0.05, 0.1) is 5.56 Å². The third-order valence-electron chi connectivity index (χ3n) is 3.49. The van der Waals surface area contributed by atoms with Crippen LogP contribution in [-0.4, -0.2) is 19.9 Å². The van der Waals surface area contributed by atoms with E-state index in [2.05, 4.69) is 5.32 Å². The maximum atomic E-state index is 14.2. The zero-order valence-corrected chi connectivity index (χ0v) is 14.2. The van der Waals surface area contributed by atoms with Gasteiger partial charge in [0.15, 0.2) is 5.82 Å². The highest BCUT2D eigenvalue weighted by Crippen LogP contribution is 2.27. The van der Waals surface area contributed by atoms with Crippen molar-refractivity contribution < 1.29 is 17.6 Å². The molecule has 21 heavy (non-hydrogen) atoms. The second-order valence-electron chi connectivity index (χ2n) is 4.93. The van der Waals surface area contributed by atoms with Gasteiger partial charge < -0.3 is 5.32 Å². The third kappa shape index (κ3) is 4.31. The van der Waals surface area contributed by atoms with Crippen molar-refractivity contribution in [2.24, 2.45) is 0 Å². The molecule has 1 aromatic carbocycles. The molecule has 0 saturated carbocycles. The van der Waals surface area contributed by atoms with Crippen LogP contribution in [0.2, 0.25) is 5.02 Å². The van der Waals surface area contributed by atoms with Gasteiger partial charge in [-0.1, -0.05) is 25.4 Å². The molecule has 1 aromatic rings. The minimum Gasteiger partial charge on any atom is -0.347 e. The Morgan fingerprint density at radius 2 is 1.86 bits per heavy atom. The molecule has 0 aromatic heterocycles. The molecule has 118 valence electrons. The third-order valence-corrected chi connectivity index (χ3v) is 5.03. The Morgan fingerprint density at radius 1 is 1.33 bits per heavy atom. The summed E-state index contributed by atoms with van der Waals surface area (Å²) in [5.41, 5.74) is -0.971. The minimum atomic E-state index is -4.33. The molecule has 0 fully saturated rings. The summed E-state index contributed by atoms with van der Waals surface area (Å²) in [6.45, 7) is 5.58. The Bertz CT molecular complexity index is 658. The quantitative estimate of drug-likeness (QED) is 0.818.